The molecule has 0 unspecified atom stereocenters. The minimum absolute atomic E-state index is 0. The Labute approximate surface area is 66.0 Å². The lowest BCUT2D eigenvalue weighted by Crippen LogP contribution is -1.94. The van der Waals surface area contributed by atoms with Gasteiger partial charge in [-0.2, -0.15) is 0 Å². The van der Waals surface area contributed by atoms with E-state index in [-0.39, 0.29) is 17.4 Å². The Balaban J connectivity index is 0.000000640. The standard InChI is InChI=1S/C7H9N.Al.3H/c8-6-7-4-2-1-3-5-7;;;;/h1-5H,6,8H2;;;;. The topological polar surface area (TPSA) is 26.0 Å². The van der Waals surface area contributed by atoms with Gasteiger partial charge in [-0.1, -0.05) is 30.3 Å². The van der Waals surface area contributed by atoms with E-state index >= 15 is 0 Å². The lowest BCUT2D eigenvalue weighted by molar-refractivity contribution is 1.07. The van der Waals surface area contributed by atoms with E-state index in [1.54, 1.807) is 0 Å². The van der Waals surface area contributed by atoms with Crippen LogP contribution in [0.25, 0.3) is 0 Å². The highest BCUT2D eigenvalue weighted by Gasteiger charge is 1.80. The van der Waals surface area contributed by atoms with Gasteiger partial charge in [0.1, 0.15) is 0 Å². The fourth-order valence-corrected chi connectivity index (χ4v) is 0.614. The summed E-state index contributed by atoms with van der Waals surface area (Å²) in [5.74, 6) is 0. The molecule has 48 valence electrons. The molecular formula is C7H12AlN. The molecule has 0 saturated carbocycles. The maximum Gasteiger partial charge on any atom is 0.187 e. The molecule has 0 heterocycles. The Morgan fingerprint density at radius 1 is 1.11 bits per heavy atom. The van der Waals surface area contributed by atoms with Crippen LogP contribution < -0.4 is 5.73 Å². The minimum Gasteiger partial charge on any atom is -0.326 e. The van der Waals surface area contributed by atoms with E-state index in [1.807, 2.05) is 30.3 Å². The Hall–Kier alpha value is -0.288. The zero-order chi connectivity index (χ0) is 5.82. The van der Waals surface area contributed by atoms with Crippen molar-refractivity contribution in [2.24, 2.45) is 5.73 Å². The van der Waals surface area contributed by atoms with Crippen LogP contribution >= 0.6 is 0 Å². The van der Waals surface area contributed by atoms with Crippen LogP contribution in [0.3, 0.4) is 0 Å². The first-order valence-corrected chi connectivity index (χ1v) is 2.67. The van der Waals surface area contributed by atoms with Gasteiger partial charge in [0.25, 0.3) is 0 Å². The number of hydrogen-bond donors (Lipinski definition) is 1. The van der Waals surface area contributed by atoms with Crippen LogP contribution in [-0.2, 0) is 6.54 Å². The van der Waals surface area contributed by atoms with E-state index < -0.39 is 0 Å². The van der Waals surface area contributed by atoms with Crippen molar-refractivity contribution in [1.29, 1.82) is 0 Å². The second-order valence-corrected chi connectivity index (χ2v) is 1.69. The molecule has 2 heteroatoms. The molecule has 0 bridgehead atoms. The summed E-state index contributed by atoms with van der Waals surface area (Å²) in [5.41, 5.74) is 6.54. The molecular weight excluding hydrogens is 125 g/mol. The van der Waals surface area contributed by atoms with Gasteiger partial charge in [-0.3, -0.25) is 0 Å². The highest BCUT2D eigenvalue weighted by atomic mass is 27.0. The molecule has 0 amide bonds. The van der Waals surface area contributed by atoms with Crippen LogP contribution in [0.1, 0.15) is 5.56 Å². The molecule has 1 rings (SSSR count). The van der Waals surface area contributed by atoms with E-state index in [1.165, 1.54) is 5.56 Å². The number of rotatable bonds is 1. The van der Waals surface area contributed by atoms with Crippen LogP contribution in [0.5, 0.6) is 0 Å². The van der Waals surface area contributed by atoms with Crippen LogP contribution in [0.15, 0.2) is 30.3 Å². The van der Waals surface area contributed by atoms with Gasteiger partial charge in [-0.25, -0.2) is 0 Å². The van der Waals surface area contributed by atoms with Crippen LogP contribution in [0, 0.1) is 0 Å². The van der Waals surface area contributed by atoms with Crippen molar-refractivity contribution in [1.82, 2.24) is 0 Å². The van der Waals surface area contributed by atoms with Gasteiger partial charge in [-0.05, 0) is 5.56 Å². The largest absolute Gasteiger partial charge is 0.326 e. The van der Waals surface area contributed by atoms with E-state index in [0.717, 1.165) is 0 Å². The summed E-state index contributed by atoms with van der Waals surface area (Å²) >= 11 is 0. The second-order valence-electron chi connectivity index (χ2n) is 1.69. The Bertz CT molecular complexity index is 150. The second kappa shape index (κ2) is 4.58. The first kappa shape index (κ1) is 8.71. The van der Waals surface area contributed by atoms with Gasteiger partial charge in [0, 0.05) is 6.54 Å². The third-order valence-electron chi connectivity index (χ3n) is 1.08. The number of hydrogen-bond acceptors (Lipinski definition) is 1. The predicted octanol–water partition coefficient (Wildman–Crippen LogP) is -0.0386. The molecule has 1 aromatic rings. The van der Waals surface area contributed by atoms with Crippen molar-refractivity contribution in [3.8, 4) is 0 Å². The maximum absolute atomic E-state index is 5.35. The minimum atomic E-state index is 0. The highest BCUT2D eigenvalue weighted by Crippen LogP contribution is 1.94. The SMILES string of the molecule is NCc1ccccc1.[AlH3]. The van der Waals surface area contributed by atoms with Gasteiger partial charge in [-0.15, -0.1) is 0 Å². The molecule has 0 aliphatic carbocycles. The lowest BCUT2D eigenvalue weighted by atomic mass is 10.2. The summed E-state index contributed by atoms with van der Waals surface area (Å²) in [6.07, 6.45) is 0. The van der Waals surface area contributed by atoms with Gasteiger partial charge in [0.05, 0.1) is 0 Å². The zero-order valence-electron chi connectivity index (χ0n) is 4.67. The Kier molecular flexibility index (Phi) is 4.43. The molecule has 0 saturated heterocycles. The summed E-state index contributed by atoms with van der Waals surface area (Å²) in [7, 11) is 0. The normalized spacial score (nSPS) is 8.11. The summed E-state index contributed by atoms with van der Waals surface area (Å²) < 4.78 is 0. The first-order valence-electron chi connectivity index (χ1n) is 2.67. The van der Waals surface area contributed by atoms with Crippen molar-refractivity contribution in [2.45, 2.75) is 6.54 Å². The molecule has 0 aliphatic heterocycles. The van der Waals surface area contributed by atoms with E-state index in [0.29, 0.717) is 6.54 Å². The molecule has 0 atom stereocenters. The van der Waals surface area contributed by atoms with Gasteiger partial charge in [0.15, 0.2) is 17.4 Å². The maximum atomic E-state index is 5.35. The smallest absolute Gasteiger partial charge is 0.187 e. The molecule has 0 fully saturated rings. The first-order chi connectivity index (χ1) is 3.93. The van der Waals surface area contributed by atoms with Crippen molar-refractivity contribution in [3.05, 3.63) is 35.9 Å². The molecule has 0 aliphatic rings. The summed E-state index contributed by atoms with van der Waals surface area (Å²) in [4.78, 5) is 0. The highest BCUT2D eigenvalue weighted by molar-refractivity contribution is 5.75. The van der Waals surface area contributed by atoms with Crippen LogP contribution in [-0.4, -0.2) is 17.4 Å². The third-order valence-corrected chi connectivity index (χ3v) is 1.08. The molecule has 0 aromatic heterocycles. The molecule has 2 N–H and O–H groups in total. The van der Waals surface area contributed by atoms with Crippen LogP contribution in [0.4, 0.5) is 0 Å². The van der Waals surface area contributed by atoms with Crippen molar-refractivity contribution in [3.63, 3.8) is 0 Å². The van der Waals surface area contributed by atoms with Crippen molar-refractivity contribution in [2.75, 3.05) is 0 Å². The predicted molar refractivity (Wildman–Crippen MR) is 44.3 cm³/mol. The Morgan fingerprint density at radius 3 is 2.00 bits per heavy atom. The summed E-state index contributed by atoms with van der Waals surface area (Å²) in [6, 6.07) is 9.99. The summed E-state index contributed by atoms with van der Waals surface area (Å²) in [6.45, 7) is 0.640. The number of benzene rings is 1. The monoisotopic (exact) mass is 137 g/mol. The molecule has 1 nitrogen and oxygen atoms in total. The zero-order valence-corrected chi connectivity index (χ0v) is 4.67. The summed E-state index contributed by atoms with van der Waals surface area (Å²) in [5, 5.41) is 0. The van der Waals surface area contributed by atoms with Gasteiger partial charge < -0.3 is 5.73 Å². The van der Waals surface area contributed by atoms with Gasteiger partial charge in [0.2, 0.25) is 0 Å². The quantitative estimate of drug-likeness (QED) is 0.540. The fourth-order valence-electron chi connectivity index (χ4n) is 0.614. The lowest BCUT2D eigenvalue weighted by Gasteiger charge is -1.90. The van der Waals surface area contributed by atoms with Crippen molar-refractivity contribution >= 4 is 17.4 Å². The molecule has 0 spiro atoms. The molecule has 1 aromatic carbocycles. The Morgan fingerprint density at radius 2 is 1.67 bits per heavy atom. The number of nitrogens with two attached hydrogens (primary N) is 1. The third kappa shape index (κ3) is 2.67. The fraction of sp³-hybridized carbons (Fsp3) is 0.143. The van der Waals surface area contributed by atoms with Crippen LogP contribution in [0.2, 0.25) is 0 Å². The van der Waals surface area contributed by atoms with Gasteiger partial charge >= 0.3 is 0 Å². The molecule has 0 radical (unpaired) electrons. The average Bonchev–Trinajstić information content (AvgIpc) is 1.90. The molecule has 9 heavy (non-hydrogen) atoms. The van der Waals surface area contributed by atoms with Crippen molar-refractivity contribution < 1.29 is 0 Å². The average molecular weight is 137 g/mol. The van der Waals surface area contributed by atoms with E-state index in [2.05, 4.69) is 0 Å². The van der Waals surface area contributed by atoms with E-state index in [9.17, 15) is 0 Å². The van der Waals surface area contributed by atoms with E-state index in [4.69, 9.17) is 5.73 Å².